The van der Waals surface area contributed by atoms with E-state index in [-0.39, 0.29) is 5.69 Å². The van der Waals surface area contributed by atoms with E-state index in [1.165, 1.54) is 19.1 Å². The van der Waals surface area contributed by atoms with Crippen LogP contribution in [0, 0.1) is 11.6 Å². The zero-order valence-electron chi connectivity index (χ0n) is 13.0. The van der Waals surface area contributed by atoms with Gasteiger partial charge in [-0.2, -0.15) is 0 Å². The Morgan fingerprint density at radius 1 is 1.04 bits per heavy atom. The largest absolute Gasteiger partial charge is 0.319 e. The number of nitrogens with one attached hydrogen (secondary N) is 1. The SMILES string of the molecule is C[C@@H](C(=O)Nc1c(F)cccc1F)N(c1ccccc1)S(C)(=O)=O. The van der Waals surface area contributed by atoms with Crippen LogP contribution in [0.4, 0.5) is 20.2 Å². The molecule has 24 heavy (non-hydrogen) atoms. The van der Waals surface area contributed by atoms with Crippen molar-refractivity contribution in [3.05, 3.63) is 60.2 Å². The highest BCUT2D eigenvalue weighted by Gasteiger charge is 2.29. The average molecular weight is 354 g/mol. The summed E-state index contributed by atoms with van der Waals surface area (Å²) in [5.74, 6) is -2.74. The van der Waals surface area contributed by atoms with E-state index in [1.54, 1.807) is 18.2 Å². The molecule has 2 rings (SSSR count). The third kappa shape index (κ3) is 3.88. The molecule has 0 fully saturated rings. The van der Waals surface area contributed by atoms with Gasteiger partial charge in [0.15, 0.2) is 0 Å². The van der Waals surface area contributed by atoms with Gasteiger partial charge in [0, 0.05) is 0 Å². The molecule has 1 N–H and O–H groups in total. The van der Waals surface area contributed by atoms with Crippen molar-refractivity contribution in [1.29, 1.82) is 0 Å². The van der Waals surface area contributed by atoms with Gasteiger partial charge in [-0.3, -0.25) is 9.10 Å². The third-order valence-corrected chi connectivity index (χ3v) is 4.55. The Morgan fingerprint density at radius 2 is 1.58 bits per heavy atom. The number of carbonyl (C=O) groups excluding carboxylic acids is 1. The van der Waals surface area contributed by atoms with Gasteiger partial charge in [0.25, 0.3) is 0 Å². The van der Waals surface area contributed by atoms with Crippen molar-refractivity contribution < 1.29 is 22.0 Å². The van der Waals surface area contributed by atoms with E-state index in [4.69, 9.17) is 0 Å². The Kier molecular flexibility index (Phi) is 5.18. The van der Waals surface area contributed by atoms with Gasteiger partial charge < -0.3 is 5.32 Å². The van der Waals surface area contributed by atoms with Gasteiger partial charge in [-0.15, -0.1) is 0 Å². The molecular formula is C16H16F2N2O3S. The summed E-state index contributed by atoms with van der Waals surface area (Å²) in [6, 6.07) is 9.93. The molecule has 0 bridgehead atoms. The van der Waals surface area contributed by atoms with Crippen molar-refractivity contribution in [2.45, 2.75) is 13.0 Å². The Balaban J connectivity index is 2.33. The van der Waals surface area contributed by atoms with Crippen LogP contribution in [0.25, 0.3) is 0 Å². The minimum absolute atomic E-state index is 0.275. The van der Waals surface area contributed by atoms with Crippen molar-refractivity contribution in [2.24, 2.45) is 0 Å². The van der Waals surface area contributed by atoms with Crippen LogP contribution in [0.3, 0.4) is 0 Å². The zero-order chi connectivity index (χ0) is 17.9. The molecule has 2 aromatic rings. The third-order valence-electron chi connectivity index (χ3n) is 3.31. The molecule has 8 heteroatoms. The lowest BCUT2D eigenvalue weighted by atomic mass is 10.2. The number of halogens is 2. The predicted octanol–water partition coefficient (Wildman–Crippen LogP) is 2.76. The lowest BCUT2D eigenvalue weighted by molar-refractivity contribution is -0.116. The maximum Gasteiger partial charge on any atom is 0.248 e. The van der Waals surface area contributed by atoms with Gasteiger partial charge in [0.05, 0.1) is 11.9 Å². The van der Waals surface area contributed by atoms with Crippen LogP contribution in [-0.4, -0.2) is 26.6 Å². The molecule has 0 aliphatic rings. The number of hydrogen-bond donors (Lipinski definition) is 1. The molecule has 0 aliphatic heterocycles. The molecule has 0 saturated heterocycles. The predicted molar refractivity (Wildman–Crippen MR) is 88.2 cm³/mol. The first-order valence-electron chi connectivity index (χ1n) is 7.01. The van der Waals surface area contributed by atoms with E-state index in [1.807, 2.05) is 0 Å². The van der Waals surface area contributed by atoms with Crippen LogP contribution in [0.5, 0.6) is 0 Å². The summed E-state index contributed by atoms with van der Waals surface area (Å²) in [5, 5.41) is 2.11. The van der Waals surface area contributed by atoms with Crippen molar-refractivity contribution in [3.8, 4) is 0 Å². The molecule has 0 radical (unpaired) electrons. The smallest absolute Gasteiger partial charge is 0.248 e. The minimum Gasteiger partial charge on any atom is -0.319 e. The van der Waals surface area contributed by atoms with Gasteiger partial charge in [0.2, 0.25) is 15.9 Å². The van der Waals surface area contributed by atoms with Gasteiger partial charge in [-0.1, -0.05) is 24.3 Å². The number of para-hydroxylation sites is 2. The molecule has 5 nitrogen and oxygen atoms in total. The summed E-state index contributed by atoms with van der Waals surface area (Å²) in [5.41, 5.74) is -0.340. The highest BCUT2D eigenvalue weighted by molar-refractivity contribution is 7.92. The minimum atomic E-state index is -3.79. The second-order valence-electron chi connectivity index (χ2n) is 5.16. The molecule has 0 aromatic heterocycles. The summed E-state index contributed by atoms with van der Waals surface area (Å²) in [4.78, 5) is 12.3. The first-order valence-corrected chi connectivity index (χ1v) is 8.86. The van der Waals surface area contributed by atoms with Crippen LogP contribution < -0.4 is 9.62 Å². The number of benzene rings is 2. The van der Waals surface area contributed by atoms with Crippen molar-refractivity contribution in [1.82, 2.24) is 0 Å². The molecule has 128 valence electrons. The van der Waals surface area contributed by atoms with Gasteiger partial charge in [-0.25, -0.2) is 17.2 Å². The van der Waals surface area contributed by atoms with E-state index in [0.29, 0.717) is 0 Å². The van der Waals surface area contributed by atoms with Crippen LogP contribution >= 0.6 is 0 Å². The zero-order valence-corrected chi connectivity index (χ0v) is 13.8. The summed E-state index contributed by atoms with van der Waals surface area (Å²) in [6.45, 7) is 1.34. The second-order valence-corrected chi connectivity index (χ2v) is 7.02. The molecule has 1 amide bonds. The Morgan fingerprint density at radius 3 is 2.08 bits per heavy atom. The standard InChI is InChI=1S/C16H16F2N2O3S/c1-11(16(21)19-15-13(17)9-6-10-14(15)18)20(24(2,22)23)12-7-4-3-5-8-12/h3-11H,1-2H3,(H,19,21)/t11-/m0/s1. The highest BCUT2D eigenvalue weighted by Crippen LogP contribution is 2.23. The molecule has 0 aliphatic carbocycles. The van der Waals surface area contributed by atoms with E-state index in [9.17, 15) is 22.0 Å². The lowest BCUT2D eigenvalue weighted by Crippen LogP contribution is -2.45. The van der Waals surface area contributed by atoms with Crippen molar-refractivity contribution >= 4 is 27.3 Å². The number of sulfonamides is 1. The average Bonchev–Trinajstić information content (AvgIpc) is 2.50. The first kappa shape index (κ1) is 17.9. The fourth-order valence-electron chi connectivity index (χ4n) is 2.23. The maximum absolute atomic E-state index is 13.6. The lowest BCUT2D eigenvalue weighted by Gasteiger charge is -2.28. The second kappa shape index (κ2) is 6.96. The maximum atomic E-state index is 13.6. The summed E-state index contributed by atoms with van der Waals surface area (Å²) in [7, 11) is -3.79. The molecule has 0 heterocycles. The highest BCUT2D eigenvalue weighted by atomic mass is 32.2. The van der Waals surface area contributed by atoms with Gasteiger partial charge in [0.1, 0.15) is 23.4 Å². The summed E-state index contributed by atoms with van der Waals surface area (Å²) < 4.78 is 52.3. The van der Waals surface area contributed by atoms with Gasteiger partial charge >= 0.3 is 0 Å². The number of amides is 1. The first-order chi connectivity index (χ1) is 11.2. The number of hydrogen-bond acceptors (Lipinski definition) is 3. The number of nitrogens with zero attached hydrogens (tertiary/aromatic N) is 1. The van der Waals surface area contributed by atoms with Crippen molar-refractivity contribution in [2.75, 3.05) is 15.9 Å². The Labute approximate surface area is 139 Å². The fourth-order valence-corrected chi connectivity index (χ4v) is 3.40. The van der Waals surface area contributed by atoms with Crippen LogP contribution in [-0.2, 0) is 14.8 Å². The van der Waals surface area contributed by atoms with E-state index in [2.05, 4.69) is 5.32 Å². The van der Waals surface area contributed by atoms with Crippen LogP contribution in [0.1, 0.15) is 6.92 Å². The summed E-state index contributed by atoms with van der Waals surface area (Å²) in [6.07, 6.45) is 0.952. The molecule has 0 spiro atoms. The Hall–Kier alpha value is -2.48. The van der Waals surface area contributed by atoms with Crippen LogP contribution in [0.15, 0.2) is 48.5 Å². The van der Waals surface area contributed by atoms with E-state index in [0.717, 1.165) is 28.8 Å². The van der Waals surface area contributed by atoms with E-state index >= 15 is 0 Å². The monoisotopic (exact) mass is 354 g/mol. The summed E-state index contributed by atoms with van der Waals surface area (Å²) >= 11 is 0. The molecular weight excluding hydrogens is 338 g/mol. The quantitative estimate of drug-likeness (QED) is 0.898. The molecule has 1 atom stereocenters. The molecule has 2 aromatic carbocycles. The van der Waals surface area contributed by atoms with Crippen LogP contribution in [0.2, 0.25) is 0 Å². The normalized spacial score (nSPS) is 12.5. The number of carbonyl (C=O) groups is 1. The number of anilines is 2. The molecule has 0 saturated carbocycles. The molecule has 0 unspecified atom stereocenters. The Bertz CT molecular complexity index is 821. The topological polar surface area (TPSA) is 66.5 Å². The van der Waals surface area contributed by atoms with E-state index < -0.39 is 39.3 Å². The van der Waals surface area contributed by atoms with Gasteiger partial charge in [-0.05, 0) is 31.2 Å². The van der Waals surface area contributed by atoms with Crippen molar-refractivity contribution in [3.63, 3.8) is 0 Å². The fraction of sp³-hybridized carbons (Fsp3) is 0.188. The number of rotatable bonds is 5.